The molecular weight excluding hydrogens is 290 g/mol. The molecule has 21 heavy (non-hydrogen) atoms. The summed E-state index contributed by atoms with van der Waals surface area (Å²) < 4.78 is 37.7. The van der Waals surface area contributed by atoms with E-state index < -0.39 is 10.0 Å². The van der Waals surface area contributed by atoms with Crippen LogP contribution in [0.3, 0.4) is 0 Å². The lowest BCUT2D eigenvalue weighted by molar-refractivity contribution is 0.262. The monoisotopic (exact) mass is 305 g/mol. The molecule has 0 amide bonds. The summed E-state index contributed by atoms with van der Waals surface area (Å²) in [6.07, 6.45) is 0.132. The first-order valence-electron chi connectivity index (χ1n) is 6.56. The lowest BCUT2D eigenvalue weighted by Gasteiger charge is -2.10. The quantitative estimate of drug-likeness (QED) is 0.831. The fourth-order valence-electron chi connectivity index (χ4n) is 1.80. The fourth-order valence-corrected chi connectivity index (χ4v) is 2.90. The molecule has 110 valence electrons. The summed E-state index contributed by atoms with van der Waals surface area (Å²) in [4.78, 5) is 0.167. The molecule has 1 saturated heterocycles. The summed E-state index contributed by atoms with van der Waals surface area (Å²) in [6.45, 7) is 1.14. The van der Waals surface area contributed by atoms with E-state index in [1.54, 1.807) is 36.4 Å². The zero-order valence-electron chi connectivity index (χ0n) is 11.2. The van der Waals surface area contributed by atoms with E-state index in [-0.39, 0.29) is 11.0 Å². The zero-order valence-corrected chi connectivity index (χ0v) is 12.0. The van der Waals surface area contributed by atoms with Gasteiger partial charge in [0.05, 0.1) is 11.5 Å². The van der Waals surface area contributed by atoms with Gasteiger partial charge in [-0.1, -0.05) is 24.3 Å². The third kappa shape index (κ3) is 3.74. The van der Waals surface area contributed by atoms with Gasteiger partial charge in [0, 0.05) is 11.8 Å². The van der Waals surface area contributed by atoms with Crippen LogP contribution in [0.15, 0.2) is 59.5 Å². The van der Waals surface area contributed by atoms with Gasteiger partial charge in [0.15, 0.2) is 0 Å². The fraction of sp³-hybridized carbons (Fsp3) is 0.200. The van der Waals surface area contributed by atoms with E-state index in [1.807, 2.05) is 6.07 Å². The smallest absolute Gasteiger partial charge is 0.262 e. The van der Waals surface area contributed by atoms with Crippen molar-refractivity contribution in [1.29, 1.82) is 0 Å². The van der Waals surface area contributed by atoms with Gasteiger partial charge in [0.25, 0.3) is 10.0 Å². The predicted molar refractivity (Wildman–Crippen MR) is 78.9 cm³/mol. The number of epoxide rings is 1. The highest BCUT2D eigenvalue weighted by Gasteiger charge is 2.23. The number of hydrogen-bond donors (Lipinski definition) is 1. The van der Waals surface area contributed by atoms with Crippen molar-refractivity contribution in [2.75, 3.05) is 17.9 Å². The molecule has 2 aromatic carbocycles. The van der Waals surface area contributed by atoms with Crippen LogP contribution in [0.1, 0.15) is 0 Å². The Balaban J connectivity index is 1.76. The Hall–Kier alpha value is -2.05. The second kappa shape index (κ2) is 5.75. The summed E-state index contributed by atoms with van der Waals surface area (Å²) in [7, 11) is -3.62. The summed E-state index contributed by atoms with van der Waals surface area (Å²) in [5, 5.41) is 0. The zero-order chi connectivity index (χ0) is 14.7. The number of ether oxygens (including phenoxy) is 2. The molecular formula is C15H15NO4S. The lowest BCUT2D eigenvalue weighted by atomic mass is 10.3. The number of benzene rings is 2. The van der Waals surface area contributed by atoms with Gasteiger partial charge >= 0.3 is 0 Å². The minimum absolute atomic E-state index is 0.132. The van der Waals surface area contributed by atoms with Crippen LogP contribution in [0, 0.1) is 0 Å². The maximum Gasteiger partial charge on any atom is 0.262 e. The third-order valence-corrected chi connectivity index (χ3v) is 4.36. The van der Waals surface area contributed by atoms with Crippen LogP contribution in [0.2, 0.25) is 0 Å². The molecule has 1 atom stereocenters. The van der Waals surface area contributed by atoms with E-state index in [1.165, 1.54) is 12.1 Å². The number of anilines is 1. The molecule has 1 aliphatic rings. The highest BCUT2D eigenvalue weighted by molar-refractivity contribution is 7.92. The normalized spacial score (nSPS) is 17.2. The molecule has 2 aromatic rings. The van der Waals surface area contributed by atoms with E-state index in [2.05, 4.69) is 4.72 Å². The lowest BCUT2D eigenvalue weighted by Crippen LogP contribution is -2.13. The topological polar surface area (TPSA) is 67.9 Å². The van der Waals surface area contributed by atoms with Crippen molar-refractivity contribution in [1.82, 2.24) is 0 Å². The highest BCUT2D eigenvalue weighted by atomic mass is 32.2. The molecule has 0 spiro atoms. The number of nitrogens with one attached hydrogen (secondary N) is 1. The Morgan fingerprint density at radius 2 is 1.90 bits per heavy atom. The van der Waals surface area contributed by atoms with Gasteiger partial charge in [0.1, 0.15) is 18.5 Å². The molecule has 5 nitrogen and oxygen atoms in total. The first kappa shape index (κ1) is 13.9. The Bertz CT molecular complexity index is 711. The first-order valence-corrected chi connectivity index (χ1v) is 8.04. The number of rotatable bonds is 6. The van der Waals surface area contributed by atoms with Crippen LogP contribution < -0.4 is 9.46 Å². The van der Waals surface area contributed by atoms with E-state index >= 15 is 0 Å². The summed E-state index contributed by atoms with van der Waals surface area (Å²) in [5.74, 6) is 0.515. The van der Waals surface area contributed by atoms with Crippen molar-refractivity contribution in [3.05, 3.63) is 54.6 Å². The Morgan fingerprint density at radius 3 is 2.62 bits per heavy atom. The minimum Gasteiger partial charge on any atom is -0.491 e. The number of para-hydroxylation sites is 1. The van der Waals surface area contributed by atoms with Crippen LogP contribution >= 0.6 is 0 Å². The molecule has 1 aliphatic heterocycles. The Kier molecular flexibility index (Phi) is 3.81. The maximum atomic E-state index is 12.3. The largest absolute Gasteiger partial charge is 0.491 e. The highest BCUT2D eigenvalue weighted by Crippen LogP contribution is 2.21. The van der Waals surface area contributed by atoms with Crippen molar-refractivity contribution in [2.45, 2.75) is 11.0 Å². The first-order chi connectivity index (χ1) is 10.1. The van der Waals surface area contributed by atoms with Crippen LogP contribution in [-0.2, 0) is 14.8 Å². The molecule has 0 aromatic heterocycles. The molecule has 0 radical (unpaired) electrons. The molecule has 1 heterocycles. The molecule has 1 unspecified atom stereocenters. The summed E-state index contributed by atoms with van der Waals surface area (Å²) in [6, 6.07) is 15.2. The van der Waals surface area contributed by atoms with Crippen LogP contribution in [0.4, 0.5) is 5.69 Å². The number of sulfonamides is 1. The van der Waals surface area contributed by atoms with Gasteiger partial charge in [-0.25, -0.2) is 8.42 Å². The SMILES string of the molecule is O=S(=O)(Nc1ccccc1)c1cccc(OCC2CO2)c1. The van der Waals surface area contributed by atoms with Gasteiger partial charge in [-0.05, 0) is 24.3 Å². The van der Waals surface area contributed by atoms with E-state index in [9.17, 15) is 8.42 Å². The van der Waals surface area contributed by atoms with E-state index in [0.29, 0.717) is 24.7 Å². The molecule has 0 saturated carbocycles. The van der Waals surface area contributed by atoms with Crippen LogP contribution in [0.5, 0.6) is 5.75 Å². The van der Waals surface area contributed by atoms with Crippen molar-refractivity contribution < 1.29 is 17.9 Å². The van der Waals surface area contributed by atoms with Gasteiger partial charge in [-0.2, -0.15) is 0 Å². The molecule has 1 fully saturated rings. The Morgan fingerprint density at radius 1 is 1.14 bits per heavy atom. The second-order valence-electron chi connectivity index (χ2n) is 4.71. The van der Waals surface area contributed by atoms with Crippen molar-refractivity contribution in [3.8, 4) is 5.75 Å². The summed E-state index contributed by atoms with van der Waals surface area (Å²) >= 11 is 0. The summed E-state index contributed by atoms with van der Waals surface area (Å²) in [5.41, 5.74) is 0.523. The van der Waals surface area contributed by atoms with Crippen LogP contribution in [-0.4, -0.2) is 27.7 Å². The number of hydrogen-bond acceptors (Lipinski definition) is 4. The van der Waals surface area contributed by atoms with Gasteiger partial charge in [0.2, 0.25) is 0 Å². The van der Waals surface area contributed by atoms with E-state index in [0.717, 1.165) is 0 Å². The van der Waals surface area contributed by atoms with Crippen molar-refractivity contribution >= 4 is 15.7 Å². The average Bonchev–Trinajstić information content (AvgIpc) is 3.30. The molecule has 0 aliphatic carbocycles. The van der Waals surface area contributed by atoms with Crippen molar-refractivity contribution in [2.24, 2.45) is 0 Å². The van der Waals surface area contributed by atoms with Gasteiger partial charge < -0.3 is 9.47 Å². The minimum atomic E-state index is -3.62. The maximum absolute atomic E-state index is 12.3. The third-order valence-electron chi connectivity index (χ3n) is 2.98. The van der Waals surface area contributed by atoms with Crippen molar-refractivity contribution in [3.63, 3.8) is 0 Å². The molecule has 3 rings (SSSR count). The van der Waals surface area contributed by atoms with Crippen LogP contribution in [0.25, 0.3) is 0 Å². The van der Waals surface area contributed by atoms with Gasteiger partial charge in [-0.15, -0.1) is 0 Å². The molecule has 1 N–H and O–H groups in total. The predicted octanol–water partition coefficient (Wildman–Crippen LogP) is 2.27. The average molecular weight is 305 g/mol. The second-order valence-corrected chi connectivity index (χ2v) is 6.40. The van der Waals surface area contributed by atoms with Gasteiger partial charge in [-0.3, -0.25) is 4.72 Å². The molecule has 0 bridgehead atoms. The molecule has 6 heteroatoms. The Labute approximate surface area is 123 Å². The van der Waals surface area contributed by atoms with E-state index in [4.69, 9.17) is 9.47 Å². The standard InChI is InChI=1S/C15H15NO4S/c17-21(18,16-12-5-2-1-3-6-12)15-8-4-7-13(9-15)19-10-14-11-20-14/h1-9,14,16H,10-11H2.